The molecule has 1 fully saturated rings. The number of carbonyl (C=O) groups excluding carboxylic acids is 1. The first kappa shape index (κ1) is 19.8. The summed E-state index contributed by atoms with van der Waals surface area (Å²) in [5.74, 6) is 0.228. The molecule has 2 N–H and O–H groups in total. The lowest BCUT2D eigenvalue weighted by Crippen LogP contribution is -2.40. The van der Waals surface area contributed by atoms with Gasteiger partial charge in [-0.25, -0.2) is 0 Å². The summed E-state index contributed by atoms with van der Waals surface area (Å²) < 4.78 is 11.6. The summed E-state index contributed by atoms with van der Waals surface area (Å²) in [5.41, 5.74) is 0.112. The van der Waals surface area contributed by atoms with Gasteiger partial charge in [-0.2, -0.15) is 0 Å². The van der Waals surface area contributed by atoms with E-state index < -0.39 is 0 Å². The summed E-state index contributed by atoms with van der Waals surface area (Å²) >= 11 is 3.28. The fraction of sp³-hybridized carbons (Fsp3) is 0.611. The number of hydrogen-bond donors (Lipinski definition) is 2. The van der Waals surface area contributed by atoms with Crippen molar-refractivity contribution in [2.24, 2.45) is 0 Å². The number of phenolic OH excluding ortho intramolecular Hbond substituents is 1. The Balaban J connectivity index is 2.24. The predicted octanol–water partition coefficient (Wildman–Crippen LogP) is 3.17. The molecule has 6 nitrogen and oxygen atoms in total. The molecule has 1 heterocycles. The second-order valence-corrected chi connectivity index (χ2v) is 6.76. The maximum absolute atomic E-state index is 12.8. The van der Waals surface area contributed by atoms with Crippen molar-refractivity contribution in [3.8, 4) is 17.2 Å². The maximum atomic E-state index is 12.8. The van der Waals surface area contributed by atoms with E-state index in [4.69, 9.17) is 9.47 Å². The number of hydrogen-bond acceptors (Lipinski definition) is 5. The highest BCUT2D eigenvalue weighted by atomic mass is 79.9. The van der Waals surface area contributed by atoms with Gasteiger partial charge in [0.25, 0.3) is 5.91 Å². The van der Waals surface area contributed by atoms with Crippen LogP contribution in [0.3, 0.4) is 0 Å². The van der Waals surface area contributed by atoms with Crippen LogP contribution in [0.2, 0.25) is 0 Å². The van der Waals surface area contributed by atoms with Gasteiger partial charge in [0.15, 0.2) is 11.5 Å². The summed E-state index contributed by atoms with van der Waals surface area (Å²) in [6.45, 7) is 9.21. The van der Waals surface area contributed by atoms with E-state index >= 15 is 0 Å². The van der Waals surface area contributed by atoms with E-state index in [-0.39, 0.29) is 23.0 Å². The van der Waals surface area contributed by atoms with Crippen molar-refractivity contribution >= 4 is 21.8 Å². The zero-order chi connectivity index (χ0) is 18.4. The molecule has 1 amide bonds. The SMILES string of the molecule is CCOc1cc(Br)c(O)c(C(=O)NCC2CCCN2CC)c1OCC. The minimum absolute atomic E-state index is 0.112. The Hall–Kier alpha value is -1.47. The molecule has 0 spiro atoms. The van der Waals surface area contributed by atoms with Crippen LogP contribution in [-0.4, -0.2) is 54.8 Å². The topological polar surface area (TPSA) is 71.0 Å². The molecular formula is C18H27BrN2O4. The Labute approximate surface area is 157 Å². The monoisotopic (exact) mass is 414 g/mol. The molecule has 1 atom stereocenters. The van der Waals surface area contributed by atoms with Crippen LogP contribution in [0.25, 0.3) is 0 Å². The molecule has 1 aliphatic rings. The molecular weight excluding hydrogens is 388 g/mol. The first-order chi connectivity index (χ1) is 12.0. The highest BCUT2D eigenvalue weighted by Gasteiger charge is 2.27. The molecule has 1 aromatic carbocycles. The van der Waals surface area contributed by atoms with Gasteiger partial charge in [-0.3, -0.25) is 9.69 Å². The van der Waals surface area contributed by atoms with Gasteiger partial charge in [-0.1, -0.05) is 6.92 Å². The minimum Gasteiger partial charge on any atom is -0.506 e. The first-order valence-corrected chi connectivity index (χ1v) is 9.65. The van der Waals surface area contributed by atoms with E-state index in [2.05, 4.69) is 33.1 Å². The first-order valence-electron chi connectivity index (χ1n) is 8.86. The number of rotatable bonds is 8. The van der Waals surface area contributed by atoms with E-state index in [0.29, 0.717) is 36.0 Å². The quantitative estimate of drug-likeness (QED) is 0.683. The largest absolute Gasteiger partial charge is 0.506 e. The van der Waals surface area contributed by atoms with Crippen LogP contribution in [0.5, 0.6) is 17.2 Å². The van der Waals surface area contributed by atoms with Crippen LogP contribution in [0.1, 0.15) is 44.0 Å². The normalized spacial score (nSPS) is 17.5. The van der Waals surface area contributed by atoms with E-state index in [0.717, 1.165) is 25.9 Å². The Morgan fingerprint density at radius 2 is 2.08 bits per heavy atom. The van der Waals surface area contributed by atoms with Gasteiger partial charge in [-0.15, -0.1) is 0 Å². The molecule has 25 heavy (non-hydrogen) atoms. The average Bonchev–Trinajstić information content (AvgIpc) is 3.05. The summed E-state index contributed by atoms with van der Waals surface area (Å²) in [7, 11) is 0. The lowest BCUT2D eigenvalue weighted by molar-refractivity contribution is 0.0933. The van der Waals surface area contributed by atoms with Gasteiger partial charge >= 0.3 is 0 Å². The molecule has 2 rings (SSSR count). The number of benzene rings is 1. The Bertz CT molecular complexity index is 609. The van der Waals surface area contributed by atoms with Crippen molar-refractivity contribution in [2.45, 2.75) is 39.7 Å². The van der Waals surface area contributed by atoms with Gasteiger partial charge < -0.3 is 19.9 Å². The molecule has 1 unspecified atom stereocenters. The summed E-state index contributed by atoms with van der Waals surface area (Å²) in [4.78, 5) is 15.1. The van der Waals surface area contributed by atoms with Crippen molar-refractivity contribution < 1.29 is 19.4 Å². The van der Waals surface area contributed by atoms with E-state index in [1.165, 1.54) is 0 Å². The highest BCUT2D eigenvalue weighted by Crippen LogP contribution is 2.42. The van der Waals surface area contributed by atoms with Crippen LogP contribution >= 0.6 is 15.9 Å². The molecule has 1 saturated heterocycles. The van der Waals surface area contributed by atoms with Crippen molar-refractivity contribution in [1.82, 2.24) is 10.2 Å². The second-order valence-electron chi connectivity index (χ2n) is 5.91. The van der Waals surface area contributed by atoms with Gasteiger partial charge in [0.1, 0.15) is 11.3 Å². The van der Waals surface area contributed by atoms with Crippen LogP contribution in [-0.2, 0) is 0 Å². The van der Waals surface area contributed by atoms with E-state index in [9.17, 15) is 9.90 Å². The lowest BCUT2D eigenvalue weighted by Gasteiger charge is -2.23. The third kappa shape index (κ3) is 4.58. The molecule has 0 aliphatic carbocycles. The van der Waals surface area contributed by atoms with Crippen molar-refractivity contribution in [3.63, 3.8) is 0 Å². The number of halogens is 1. The third-order valence-electron chi connectivity index (χ3n) is 4.39. The fourth-order valence-electron chi connectivity index (χ4n) is 3.20. The number of nitrogens with one attached hydrogen (secondary N) is 1. The van der Waals surface area contributed by atoms with Gasteiger partial charge in [-0.05, 0) is 55.7 Å². The van der Waals surface area contributed by atoms with E-state index in [1.54, 1.807) is 6.07 Å². The number of phenols is 1. The standard InChI is InChI=1S/C18H27BrN2O4/c1-4-21-9-7-8-12(21)11-20-18(23)15-16(22)13(19)10-14(24-5-2)17(15)25-6-3/h10,12,22H,4-9,11H2,1-3H3,(H,20,23). The molecule has 7 heteroatoms. The van der Waals surface area contributed by atoms with Crippen molar-refractivity contribution in [2.75, 3.05) is 32.8 Å². The van der Waals surface area contributed by atoms with Gasteiger partial charge in [0.2, 0.25) is 0 Å². The van der Waals surface area contributed by atoms with Crippen LogP contribution in [0.15, 0.2) is 10.5 Å². The Morgan fingerprint density at radius 3 is 2.72 bits per heavy atom. The van der Waals surface area contributed by atoms with E-state index in [1.807, 2.05) is 13.8 Å². The predicted molar refractivity (Wildman–Crippen MR) is 101 cm³/mol. The maximum Gasteiger partial charge on any atom is 0.259 e. The number of amides is 1. The minimum atomic E-state index is -0.355. The highest BCUT2D eigenvalue weighted by molar-refractivity contribution is 9.10. The number of aromatic hydroxyl groups is 1. The molecule has 0 bridgehead atoms. The summed E-state index contributed by atoms with van der Waals surface area (Å²) in [6, 6.07) is 1.96. The number of carbonyl (C=O) groups is 1. The molecule has 0 saturated carbocycles. The Morgan fingerprint density at radius 1 is 1.36 bits per heavy atom. The zero-order valence-electron chi connectivity index (χ0n) is 15.1. The smallest absolute Gasteiger partial charge is 0.259 e. The fourth-order valence-corrected chi connectivity index (χ4v) is 3.61. The molecule has 0 aromatic heterocycles. The van der Waals surface area contributed by atoms with Crippen LogP contribution < -0.4 is 14.8 Å². The van der Waals surface area contributed by atoms with Gasteiger partial charge in [0.05, 0.1) is 17.7 Å². The number of likely N-dealkylation sites (N-methyl/N-ethyl adjacent to an activating group) is 1. The summed E-state index contributed by atoms with van der Waals surface area (Å²) in [6.07, 6.45) is 2.22. The average molecular weight is 415 g/mol. The molecule has 0 radical (unpaired) electrons. The number of nitrogens with zero attached hydrogens (tertiary/aromatic N) is 1. The third-order valence-corrected chi connectivity index (χ3v) is 5.00. The molecule has 140 valence electrons. The number of likely N-dealkylation sites (tertiary alicyclic amines) is 1. The van der Waals surface area contributed by atoms with Crippen LogP contribution in [0, 0.1) is 0 Å². The summed E-state index contributed by atoms with van der Waals surface area (Å²) in [5, 5.41) is 13.3. The van der Waals surface area contributed by atoms with Crippen LogP contribution in [0.4, 0.5) is 0 Å². The number of ether oxygens (including phenoxy) is 2. The zero-order valence-corrected chi connectivity index (χ0v) is 16.7. The Kier molecular flexibility index (Phi) is 7.38. The van der Waals surface area contributed by atoms with Crippen molar-refractivity contribution in [3.05, 3.63) is 16.1 Å². The molecule has 1 aromatic rings. The lowest BCUT2D eigenvalue weighted by atomic mass is 10.1. The van der Waals surface area contributed by atoms with Crippen molar-refractivity contribution in [1.29, 1.82) is 0 Å². The second kappa shape index (κ2) is 9.29. The molecule has 1 aliphatic heterocycles. The van der Waals surface area contributed by atoms with Gasteiger partial charge in [0, 0.05) is 18.7 Å².